The molecule has 7 nitrogen and oxygen atoms in total. The summed E-state index contributed by atoms with van der Waals surface area (Å²) >= 11 is 0. The van der Waals surface area contributed by atoms with Crippen molar-refractivity contribution < 1.29 is 13.2 Å². The van der Waals surface area contributed by atoms with Gasteiger partial charge in [0.2, 0.25) is 0 Å². The van der Waals surface area contributed by atoms with Crippen molar-refractivity contribution in [2.24, 2.45) is 0 Å². The van der Waals surface area contributed by atoms with Crippen LogP contribution in [0.4, 0.5) is 0 Å². The lowest BCUT2D eigenvalue weighted by atomic mass is 10.1. The van der Waals surface area contributed by atoms with Crippen LogP contribution in [0, 0.1) is 6.92 Å². The van der Waals surface area contributed by atoms with Gasteiger partial charge in [0.25, 0.3) is 10.2 Å². The first-order valence-electron chi connectivity index (χ1n) is 6.96. The minimum Gasteiger partial charge on any atom is -0.378 e. The highest BCUT2D eigenvalue weighted by Crippen LogP contribution is 2.19. The van der Waals surface area contributed by atoms with E-state index in [1.165, 1.54) is 8.61 Å². The lowest BCUT2D eigenvalue weighted by Gasteiger charge is -2.36. The van der Waals surface area contributed by atoms with Crippen LogP contribution in [0.3, 0.4) is 0 Å². The molecule has 0 spiro atoms. The van der Waals surface area contributed by atoms with Gasteiger partial charge in [-0.2, -0.15) is 17.0 Å². The number of rotatable bonds is 5. The van der Waals surface area contributed by atoms with Gasteiger partial charge in [-0.3, -0.25) is 9.97 Å². The second kappa shape index (κ2) is 6.78. The van der Waals surface area contributed by atoms with Gasteiger partial charge in [0, 0.05) is 39.1 Å². The molecule has 1 aliphatic rings. The first kappa shape index (κ1) is 16.3. The Balaban J connectivity index is 2.08. The van der Waals surface area contributed by atoms with Gasteiger partial charge in [0.15, 0.2) is 0 Å². The van der Waals surface area contributed by atoms with E-state index in [0.29, 0.717) is 32.6 Å². The molecule has 1 aromatic rings. The summed E-state index contributed by atoms with van der Waals surface area (Å²) in [6, 6.07) is -0.160. The van der Waals surface area contributed by atoms with E-state index in [-0.39, 0.29) is 6.04 Å². The van der Waals surface area contributed by atoms with Gasteiger partial charge in [0.05, 0.1) is 24.6 Å². The summed E-state index contributed by atoms with van der Waals surface area (Å²) in [7, 11) is -0.312. The second-order valence-electron chi connectivity index (χ2n) is 5.26. The van der Waals surface area contributed by atoms with Crippen molar-refractivity contribution in [1.82, 2.24) is 18.6 Å². The topological polar surface area (TPSA) is 75.6 Å². The van der Waals surface area contributed by atoms with Gasteiger partial charge < -0.3 is 4.74 Å². The minimum absolute atomic E-state index is 0.160. The molecule has 0 bridgehead atoms. The number of hydrogen-bond acceptors (Lipinski definition) is 5. The zero-order valence-corrected chi connectivity index (χ0v) is 13.5. The summed E-state index contributed by atoms with van der Waals surface area (Å²) in [6.45, 7) is 3.17. The molecular weight excluding hydrogens is 292 g/mol. The molecule has 0 saturated carbocycles. The Hall–Kier alpha value is -1.09. The fourth-order valence-electron chi connectivity index (χ4n) is 2.37. The van der Waals surface area contributed by atoms with Crippen LogP contribution < -0.4 is 0 Å². The SMILES string of the molecule is Cc1nccnc1CCC1COCCN1S(=O)(=O)N(C)C. The molecule has 1 aromatic heterocycles. The van der Waals surface area contributed by atoms with Crippen molar-refractivity contribution in [2.45, 2.75) is 25.8 Å². The van der Waals surface area contributed by atoms with E-state index in [1.807, 2.05) is 6.92 Å². The van der Waals surface area contributed by atoms with Crippen molar-refractivity contribution in [1.29, 1.82) is 0 Å². The molecule has 1 atom stereocenters. The van der Waals surface area contributed by atoms with Gasteiger partial charge in [-0.05, 0) is 19.8 Å². The molecule has 1 aliphatic heterocycles. The Bertz CT molecular complexity index is 577. The van der Waals surface area contributed by atoms with Gasteiger partial charge in [0.1, 0.15) is 0 Å². The molecule has 1 saturated heterocycles. The van der Waals surface area contributed by atoms with Crippen molar-refractivity contribution in [3.05, 3.63) is 23.8 Å². The standard InChI is InChI=1S/C13H22N4O3S/c1-11-13(15-7-6-14-11)5-4-12-10-20-9-8-17(12)21(18,19)16(2)3/h6-7,12H,4-5,8-10H2,1-3H3. The van der Waals surface area contributed by atoms with Gasteiger partial charge in [-0.25, -0.2) is 0 Å². The molecule has 0 aliphatic carbocycles. The predicted molar refractivity (Wildman–Crippen MR) is 79.0 cm³/mol. The average molecular weight is 314 g/mol. The van der Waals surface area contributed by atoms with Crippen molar-refractivity contribution in [3.8, 4) is 0 Å². The summed E-state index contributed by atoms with van der Waals surface area (Å²) in [5.74, 6) is 0. The highest BCUT2D eigenvalue weighted by molar-refractivity contribution is 7.86. The summed E-state index contributed by atoms with van der Waals surface area (Å²) in [5, 5.41) is 0. The van der Waals surface area contributed by atoms with Crippen molar-refractivity contribution in [2.75, 3.05) is 33.9 Å². The summed E-state index contributed by atoms with van der Waals surface area (Å²) in [6.07, 6.45) is 4.68. The van der Waals surface area contributed by atoms with Crippen LogP contribution in [0.5, 0.6) is 0 Å². The summed E-state index contributed by atoms with van der Waals surface area (Å²) in [5.41, 5.74) is 1.79. The molecule has 0 aromatic carbocycles. The van der Waals surface area contributed by atoms with E-state index in [9.17, 15) is 8.42 Å². The Kier molecular flexibility index (Phi) is 5.26. The highest BCUT2D eigenvalue weighted by Gasteiger charge is 2.34. The van der Waals surface area contributed by atoms with Crippen LogP contribution >= 0.6 is 0 Å². The number of ether oxygens (including phenoxy) is 1. The van der Waals surface area contributed by atoms with E-state index in [1.54, 1.807) is 26.5 Å². The Labute approximate surface area is 126 Å². The van der Waals surface area contributed by atoms with Crippen LogP contribution in [0.2, 0.25) is 0 Å². The monoisotopic (exact) mass is 314 g/mol. The normalized spacial score (nSPS) is 20.9. The third-order valence-electron chi connectivity index (χ3n) is 3.63. The zero-order valence-electron chi connectivity index (χ0n) is 12.7. The van der Waals surface area contributed by atoms with Crippen LogP contribution in [-0.4, -0.2) is 66.9 Å². The predicted octanol–water partition coefficient (Wildman–Crippen LogP) is 0.225. The van der Waals surface area contributed by atoms with Crippen LogP contribution in [-0.2, 0) is 21.4 Å². The van der Waals surface area contributed by atoms with E-state index >= 15 is 0 Å². The number of aryl methyl sites for hydroxylation is 2. The fourth-order valence-corrected chi connectivity index (χ4v) is 3.63. The molecule has 2 rings (SSSR count). The third-order valence-corrected chi connectivity index (χ3v) is 5.62. The molecule has 1 unspecified atom stereocenters. The Morgan fingerprint density at radius 3 is 2.76 bits per heavy atom. The van der Waals surface area contributed by atoms with E-state index in [2.05, 4.69) is 9.97 Å². The molecule has 118 valence electrons. The average Bonchev–Trinajstić information content (AvgIpc) is 2.46. The maximum Gasteiger partial charge on any atom is 0.281 e. The first-order valence-corrected chi connectivity index (χ1v) is 8.36. The third kappa shape index (κ3) is 3.76. The maximum atomic E-state index is 12.3. The van der Waals surface area contributed by atoms with Gasteiger partial charge >= 0.3 is 0 Å². The lowest BCUT2D eigenvalue weighted by Crippen LogP contribution is -2.52. The van der Waals surface area contributed by atoms with Crippen molar-refractivity contribution in [3.63, 3.8) is 0 Å². The quantitative estimate of drug-likeness (QED) is 0.777. The lowest BCUT2D eigenvalue weighted by molar-refractivity contribution is 0.0276. The molecule has 1 fully saturated rings. The molecule has 8 heteroatoms. The van der Waals surface area contributed by atoms with Gasteiger partial charge in [-0.15, -0.1) is 0 Å². The van der Waals surface area contributed by atoms with Crippen LogP contribution in [0.15, 0.2) is 12.4 Å². The zero-order chi connectivity index (χ0) is 15.5. The molecule has 0 N–H and O–H groups in total. The van der Waals surface area contributed by atoms with E-state index in [4.69, 9.17) is 4.74 Å². The Morgan fingerprint density at radius 2 is 2.10 bits per heavy atom. The summed E-state index contributed by atoms with van der Waals surface area (Å²) < 4.78 is 32.9. The maximum absolute atomic E-state index is 12.3. The number of nitrogens with zero attached hydrogens (tertiary/aromatic N) is 4. The minimum atomic E-state index is -3.41. The second-order valence-corrected chi connectivity index (χ2v) is 7.35. The van der Waals surface area contributed by atoms with Crippen molar-refractivity contribution >= 4 is 10.2 Å². The Morgan fingerprint density at radius 1 is 1.38 bits per heavy atom. The molecular formula is C13H22N4O3S. The van der Waals surface area contributed by atoms with Gasteiger partial charge in [-0.1, -0.05) is 0 Å². The first-order chi connectivity index (χ1) is 9.93. The highest BCUT2D eigenvalue weighted by atomic mass is 32.2. The van der Waals surface area contributed by atoms with Crippen LogP contribution in [0.25, 0.3) is 0 Å². The largest absolute Gasteiger partial charge is 0.378 e. The number of aromatic nitrogens is 2. The van der Waals surface area contributed by atoms with Crippen LogP contribution in [0.1, 0.15) is 17.8 Å². The number of hydrogen-bond donors (Lipinski definition) is 0. The smallest absolute Gasteiger partial charge is 0.281 e. The van der Waals surface area contributed by atoms with E-state index < -0.39 is 10.2 Å². The molecule has 0 radical (unpaired) electrons. The summed E-state index contributed by atoms with van der Waals surface area (Å²) in [4.78, 5) is 8.51. The number of morpholine rings is 1. The molecule has 21 heavy (non-hydrogen) atoms. The van der Waals surface area contributed by atoms with E-state index in [0.717, 1.165) is 11.4 Å². The molecule has 2 heterocycles. The molecule has 0 amide bonds. The fraction of sp³-hybridized carbons (Fsp3) is 0.692.